The van der Waals surface area contributed by atoms with Crippen LogP contribution in [0.5, 0.6) is 0 Å². The number of nitrogens with zero attached hydrogens (tertiary/aromatic N) is 1. The van der Waals surface area contributed by atoms with Gasteiger partial charge in [-0.2, -0.15) is 0 Å². The molecule has 1 aliphatic rings. The lowest BCUT2D eigenvalue weighted by molar-refractivity contribution is -0.122. The summed E-state index contributed by atoms with van der Waals surface area (Å²) in [4.78, 5) is 14.3. The summed E-state index contributed by atoms with van der Waals surface area (Å²) in [5.74, 6) is -0.0248. The molecule has 0 spiro atoms. The number of nitrogens with two attached hydrogens (primary N) is 1. The molecule has 1 saturated heterocycles. The molecular formula is C15H23N3O2. The molecule has 20 heavy (non-hydrogen) atoms. The molecule has 110 valence electrons. The van der Waals surface area contributed by atoms with Gasteiger partial charge in [0.25, 0.3) is 0 Å². The second kappa shape index (κ2) is 5.81. The number of amides is 1. The smallest absolute Gasteiger partial charge is 0.238 e. The van der Waals surface area contributed by atoms with E-state index >= 15 is 0 Å². The molecule has 3 N–H and O–H groups in total. The van der Waals surface area contributed by atoms with Gasteiger partial charge in [-0.1, -0.05) is 6.07 Å². The summed E-state index contributed by atoms with van der Waals surface area (Å²) in [6.07, 6.45) is 0. The Morgan fingerprint density at radius 3 is 2.90 bits per heavy atom. The summed E-state index contributed by atoms with van der Waals surface area (Å²) in [5, 5.41) is 2.89. The number of nitrogens with one attached hydrogen (secondary N) is 1. The van der Waals surface area contributed by atoms with E-state index in [1.807, 2.05) is 19.1 Å². The molecule has 0 unspecified atom stereocenters. The molecule has 0 radical (unpaired) electrons. The molecule has 5 nitrogen and oxygen atoms in total. The van der Waals surface area contributed by atoms with Crippen molar-refractivity contribution in [1.82, 2.24) is 4.90 Å². The van der Waals surface area contributed by atoms with Crippen LogP contribution in [-0.4, -0.2) is 42.6 Å². The van der Waals surface area contributed by atoms with Crippen molar-refractivity contribution in [3.63, 3.8) is 0 Å². The Morgan fingerprint density at radius 1 is 1.50 bits per heavy atom. The summed E-state index contributed by atoms with van der Waals surface area (Å²) in [7, 11) is 0. The molecular weight excluding hydrogens is 254 g/mol. The average molecular weight is 277 g/mol. The van der Waals surface area contributed by atoms with E-state index in [0.717, 1.165) is 17.8 Å². The van der Waals surface area contributed by atoms with Crippen LogP contribution in [0.1, 0.15) is 19.4 Å². The number of anilines is 2. The number of morpholine rings is 1. The number of benzene rings is 1. The van der Waals surface area contributed by atoms with Crippen molar-refractivity contribution in [3.8, 4) is 0 Å². The SMILES string of the molecule is Cc1ccc(NC(=O)CN2CCOCC2(C)C)cc1N. The summed E-state index contributed by atoms with van der Waals surface area (Å²) in [5.41, 5.74) is 8.18. The third-order valence-corrected chi connectivity index (χ3v) is 3.71. The molecule has 1 heterocycles. The Bertz CT molecular complexity index is 500. The minimum Gasteiger partial charge on any atom is -0.398 e. The highest BCUT2D eigenvalue weighted by atomic mass is 16.5. The lowest BCUT2D eigenvalue weighted by atomic mass is 10.0. The number of carbonyl (C=O) groups is 1. The van der Waals surface area contributed by atoms with Crippen LogP contribution in [0.3, 0.4) is 0 Å². The lowest BCUT2D eigenvalue weighted by Gasteiger charge is -2.41. The molecule has 0 saturated carbocycles. The van der Waals surface area contributed by atoms with E-state index in [0.29, 0.717) is 25.4 Å². The molecule has 1 amide bonds. The molecule has 0 aliphatic carbocycles. The molecule has 0 atom stereocenters. The number of ether oxygens (including phenoxy) is 1. The standard InChI is InChI=1S/C15H23N3O2/c1-11-4-5-12(8-13(11)16)17-14(19)9-18-6-7-20-10-15(18,2)3/h4-5,8H,6-7,9-10,16H2,1-3H3,(H,17,19). The van der Waals surface area contributed by atoms with Gasteiger partial charge in [-0.15, -0.1) is 0 Å². The summed E-state index contributed by atoms with van der Waals surface area (Å²) < 4.78 is 5.45. The predicted molar refractivity (Wildman–Crippen MR) is 80.7 cm³/mol. The van der Waals surface area contributed by atoms with Crippen LogP contribution in [0.25, 0.3) is 0 Å². The van der Waals surface area contributed by atoms with Crippen molar-refractivity contribution in [2.75, 3.05) is 37.4 Å². The topological polar surface area (TPSA) is 67.6 Å². The number of carbonyl (C=O) groups excluding carboxylic acids is 1. The van der Waals surface area contributed by atoms with Crippen LogP contribution < -0.4 is 11.1 Å². The first kappa shape index (κ1) is 14.8. The molecule has 2 rings (SSSR count). The maximum Gasteiger partial charge on any atom is 0.238 e. The van der Waals surface area contributed by atoms with E-state index in [2.05, 4.69) is 24.1 Å². The van der Waals surface area contributed by atoms with Gasteiger partial charge >= 0.3 is 0 Å². The first-order valence-corrected chi connectivity index (χ1v) is 6.87. The fourth-order valence-corrected chi connectivity index (χ4v) is 2.28. The van der Waals surface area contributed by atoms with Crippen molar-refractivity contribution in [2.45, 2.75) is 26.3 Å². The zero-order valence-electron chi connectivity index (χ0n) is 12.4. The van der Waals surface area contributed by atoms with Gasteiger partial charge in [0, 0.05) is 23.5 Å². The molecule has 0 bridgehead atoms. The average Bonchev–Trinajstić information content (AvgIpc) is 2.36. The van der Waals surface area contributed by atoms with Gasteiger partial charge in [0.15, 0.2) is 0 Å². The van der Waals surface area contributed by atoms with Gasteiger partial charge in [0.05, 0.1) is 19.8 Å². The Labute approximate surface area is 120 Å². The Kier molecular flexibility index (Phi) is 4.30. The van der Waals surface area contributed by atoms with E-state index in [-0.39, 0.29) is 11.4 Å². The number of hydrogen-bond donors (Lipinski definition) is 2. The van der Waals surface area contributed by atoms with Crippen LogP contribution in [-0.2, 0) is 9.53 Å². The Hall–Kier alpha value is -1.59. The largest absolute Gasteiger partial charge is 0.398 e. The Morgan fingerprint density at radius 2 is 2.25 bits per heavy atom. The molecule has 0 aromatic heterocycles. The van der Waals surface area contributed by atoms with Crippen LogP contribution in [0.2, 0.25) is 0 Å². The van der Waals surface area contributed by atoms with Crippen molar-refractivity contribution < 1.29 is 9.53 Å². The van der Waals surface area contributed by atoms with E-state index in [4.69, 9.17) is 10.5 Å². The van der Waals surface area contributed by atoms with Crippen LogP contribution in [0, 0.1) is 6.92 Å². The molecule has 1 aromatic rings. The third kappa shape index (κ3) is 3.49. The maximum atomic E-state index is 12.1. The van der Waals surface area contributed by atoms with Gasteiger partial charge in [0.1, 0.15) is 0 Å². The van der Waals surface area contributed by atoms with Gasteiger partial charge in [0.2, 0.25) is 5.91 Å². The quantitative estimate of drug-likeness (QED) is 0.824. The predicted octanol–water partition coefficient (Wildman–Crippen LogP) is 1.63. The van der Waals surface area contributed by atoms with E-state index in [9.17, 15) is 4.79 Å². The minimum atomic E-state index is -0.109. The highest BCUT2D eigenvalue weighted by Crippen LogP contribution is 2.20. The minimum absolute atomic E-state index is 0.0248. The normalized spacial score (nSPS) is 18.8. The summed E-state index contributed by atoms with van der Waals surface area (Å²) in [6.45, 7) is 8.58. The van der Waals surface area contributed by atoms with Gasteiger partial charge in [-0.25, -0.2) is 0 Å². The van der Waals surface area contributed by atoms with Crippen LogP contribution >= 0.6 is 0 Å². The number of aryl methyl sites for hydroxylation is 1. The van der Waals surface area contributed by atoms with Crippen molar-refractivity contribution in [3.05, 3.63) is 23.8 Å². The van der Waals surface area contributed by atoms with Crippen LogP contribution in [0.4, 0.5) is 11.4 Å². The fraction of sp³-hybridized carbons (Fsp3) is 0.533. The van der Waals surface area contributed by atoms with Gasteiger partial charge in [-0.05, 0) is 38.5 Å². The van der Waals surface area contributed by atoms with Gasteiger partial charge < -0.3 is 15.8 Å². The number of nitrogen functional groups attached to an aromatic ring is 1. The third-order valence-electron chi connectivity index (χ3n) is 3.71. The summed E-state index contributed by atoms with van der Waals surface area (Å²) in [6, 6.07) is 5.56. The van der Waals surface area contributed by atoms with Crippen molar-refractivity contribution in [2.24, 2.45) is 0 Å². The molecule has 1 aromatic carbocycles. The second-order valence-corrected chi connectivity index (χ2v) is 5.91. The molecule has 1 fully saturated rings. The van der Waals surface area contributed by atoms with Crippen LogP contribution in [0.15, 0.2) is 18.2 Å². The monoisotopic (exact) mass is 277 g/mol. The zero-order chi connectivity index (χ0) is 14.8. The number of hydrogen-bond acceptors (Lipinski definition) is 4. The zero-order valence-corrected chi connectivity index (χ0v) is 12.4. The van der Waals surface area contributed by atoms with E-state index in [1.54, 1.807) is 6.07 Å². The Balaban J connectivity index is 1.96. The fourth-order valence-electron chi connectivity index (χ4n) is 2.28. The van der Waals surface area contributed by atoms with Crippen molar-refractivity contribution >= 4 is 17.3 Å². The maximum absolute atomic E-state index is 12.1. The summed E-state index contributed by atoms with van der Waals surface area (Å²) >= 11 is 0. The first-order chi connectivity index (χ1) is 9.38. The highest BCUT2D eigenvalue weighted by molar-refractivity contribution is 5.92. The second-order valence-electron chi connectivity index (χ2n) is 5.91. The molecule has 1 aliphatic heterocycles. The van der Waals surface area contributed by atoms with Gasteiger partial charge in [-0.3, -0.25) is 9.69 Å². The number of rotatable bonds is 3. The van der Waals surface area contributed by atoms with E-state index in [1.165, 1.54) is 0 Å². The lowest BCUT2D eigenvalue weighted by Crippen LogP contribution is -2.55. The van der Waals surface area contributed by atoms with Crippen molar-refractivity contribution in [1.29, 1.82) is 0 Å². The molecule has 5 heteroatoms. The van der Waals surface area contributed by atoms with E-state index < -0.39 is 0 Å². The highest BCUT2D eigenvalue weighted by Gasteiger charge is 2.31. The first-order valence-electron chi connectivity index (χ1n) is 6.87.